The summed E-state index contributed by atoms with van der Waals surface area (Å²) in [5, 5.41) is 4.66. The van der Waals surface area contributed by atoms with Crippen molar-refractivity contribution in [3.8, 4) is 0 Å². The van der Waals surface area contributed by atoms with Crippen LogP contribution in [0, 0.1) is 27.7 Å². The van der Waals surface area contributed by atoms with Gasteiger partial charge in [0, 0.05) is 44.1 Å². The van der Waals surface area contributed by atoms with Crippen LogP contribution >= 0.6 is 0 Å². The molecule has 0 saturated carbocycles. The minimum atomic E-state index is 0.418. The van der Waals surface area contributed by atoms with Gasteiger partial charge in [0.1, 0.15) is 5.82 Å². The van der Waals surface area contributed by atoms with Crippen molar-refractivity contribution in [2.45, 2.75) is 40.2 Å². The van der Waals surface area contributed by atoms with Crippen LogP contribution in [0.15, 0.2) is 6.07 Å². The van der Waals surface area contributed by atoms with Gasteiger partial charge >= 0.3 is 0 Å². The van der Waals surface area contributed by atoms with Crippen LogP contribution in [-0.4, -0.2) is 46.9 Å². The van der Waals surface area contributed by atoms with Crippen LogP contribution in [0.25, 0.3) is 0 Å². The lowest BCUT2D eigenvalue weighted by molar-refractivity contribution is 0.481. The van der Waals surface area contributed by atoms with Crippen molar-refractivity contribution in [2.75, 3.05) is 37.0 Å². The molecule has 1 fully saturated rings. The maximum atomic E-state index is 4.78. The summed E-state index contributed by atoms with van der Waals surface area (Å²) in [5.74, 6) is 1.84. The average molecular weight is 314 g/mol. The monoisotopic (exact) mass is 314 g/mol. The summed E-state index contributed by atoms with van der Waals surface area (Å²) >= 11 is 0. The molecule has 3 rings (SSSR count). The third-order valence-electron chi connectivity index (χ3n) is 4.61. The van der Waals surface area contributed by atoms with Crippen molar-refractivity contribution in [1.82, 2.24) is 19.7 Å². The molecule has 0 aliphatic carbocycles. The van der Waals surface area contributed by atoms with Gasteiger partial charge in [-0.25, -0.2) is 4.98 Å². The summed E-state index contributed by atoms with van der Waals surface area (Å²) in [6.45, 7) is 10.3. The van der Waals surface area contributed by atoms with Crippen LogP contribution in [0.4, 0.5) is 11.8 Å². The Balaban J connectivity index is 1.88. The molecule has 6 heteroatoms. The van der Waals surface area contributed by atoms with Gasteiger partial charge in [-0.15, -0.1) is 0 Å². The normalized spacial score (nSPS) is 17.8. The van der Waals surface area contributed by atoms with E-state index in [0.29, 0.717) is 6.04 Å². The van der Waals surface area contributed by atoms with Crippen LogP contribution in [0.2, 0.25) is 0 Å². The maximum Gasteiger partial charge on any atom is 0.227 e. The highest BCUT2D eigenvalue weighted by Crippen LogP contribution is 2.30. The molecule has 1 unspecified atom stereocenters. The fourth-order valence-electron chi connectivity index (χ4n) is 3.26. The molecular weight excluding hydrogens is 288 g/mol. The van der Waals surface area contributed by atoms with E-state index in [2.05, 4.69) is 53.4 Å². The lowest BCUT2D eigenvalue weighted by Crippen LogP contribution is -2.25. The van der Waals surface area contributed by atoms with Gasteiger partial charge in [-0.05, 0) is 40.2 Å². The first-order valence-electron chi connectivity index (χ1n) is 8.17. The van der Waals surface area contributed by atoms with E-state index in [0.717, 1.165) is 42.7 Å². The van der Waals surface area contributed by atoms with Gasteiger partial charge in [0.25, 0.3) is 0 Å². The van der Waals surface area contributed by atoms with Gasteiger partial charge in [-0.2, -0.15) is 10.1 Å². The number of hydrogen-bond donors (Lipinski definition) is 0. The van der Waals surface area contributed by atoms with E-state index in [-0.39, 0.29) is 0 Å². The van der Waals surface area contributed by atoms with E-state index in [1.807, 2.05) is 19.0 Å². The third kappa shape index (κ3) is 2.90. The van der Waals surface area contributed by atoms with E-state index in [4.69, 9.17) is 4.98 Å². The van der Waals surface area contributed by atoms with Crippen molar-refractivity contribution in [3.05, 3.63) is 28.7 Å². The largest absolute Gasteiger partial charge is 0.354 e. The van der Waals surface area contributed by atoms with Crippen LogP contribution in [-0.2, 0) is 0 Å². The predicted molar refractivity (Wildman–Crippen MR) is 93.4 cm³/mol. The van der Waals surface area contributed by atoms with Gasteiger partial charge in [-0.3, -0.25) is 4.68 Å². The van der Waals surface area contributed by atoms with Crippen molar-refractivity contribution in [1.29, 1.82) is 0 Å². The highest BCUT2D eigenvalue weighted by Gasteiger charge is 2.28. The van der Waals surface area contributed by atoms with Crippen molar-refractivity contribution >= 4 is 11.8 Å². The zero-order valence-electron chi connectivity index (χ0n) is 15.0. The average Bonchev–Trinajstić information content (AvgIpc) is 3.07. The first kappa shape index (κ1) is 15.8. The van der Waals surface area contributed by atoms with E-state index >= 15 is 0 Å². The van der Waals surface area contributed by atoms with Gasteiger partial charge < -0.3 is 9.80 Å². The standard InChI is InChI=1S/C17H26N6/c1-11-9-12(2)23(20-11)15-7-8-22(10-15)16-13(3)14(4)18-17(19-16)21(5)6/h9,15H,7-8,10H2,1-6H3. The Morgan fingerprint density at radius 2 is 1.87 bits per heavy atom. The Hall–Kier alpha value is -2.11. The molecule has 1 aliphatic rings. The van der Waals surface area contributed by atoms with Crippen LogP contribution in [0.1, 0.15) is 35.1 Å². The predicted octanol–water partition coefficient (Wildman–Crippen LogP) is 2.42. The molecule has 124 valence electrons. The zero-order chi connectivity index (χ0) is 16.7. The number of anilines is 2. The maximum absolute atomic E-state index is 4.78. The quantitative estimate of drug-likeness (QED) is 0.871. The summed E-state index contributed by atoms with van der Waals surface area (Å²) in [4.78, 5) is 13.7. The highest BCUT2D eigenvalue weighted by atomic mass is 15.4. The minimum Gasteiger partial charge on any atom is -0.354 e. The summed E-state index contributed by atoms with van der Waals surface area (Å²) in [5.41, 5.74) is 4.54. The van der Waals surface area contributed by atoms with Crippen LogP contribution in [0.3, 0.4) is 0 Å². The first-order chi connectivity index (χ1) is 10.9. The summed E-state index contributed by atoms with van der Waals surface area (Å²) in [6, 6.07) is 2.56. The minimum absolute atomic E-state index is 0.418. The molecule has 0 bridgehead atoms. The highest BCUT2D eigenvalue weighted by molar-refractivity contribution is 5.53. The molecule has 0 aromatic carbocycles. The number of hydrogen-bond acceptors (Lipinski definition) is 5. The Kier molecular flexibility index (Phi) is 4.00. The molecule has 0 radical (unpaired) electrons. The fraction of sp³-hybridized carbons (Fsp3) is 0.588. The second-order valence-corrected chi connectivity index (χ2v) is 6.71. The Labute approximate surface area is 138 Å². The van der Waals surface area contributed by atoms with Crippen molar-refractivity contribution < 1.29 is 0 Å². The molecule has 6 nitrogen and oxygen atoms in total. The second kappa shape index (κ2) is 5.83. The lowest BCUT2D eigenvalue weighted by atomic mass is 10.2. The topological polar surface area (TPSA) is 50.1 Å². The van der Waals surface area contributed by atoms with Crippen LogP contribution in [0.5, 0.6) is 0 Å². The smallest absolute Gasteiger partial charge is 0.227 e. The molecule has 1 atom stereocenters. The number of nitrogens with zero attached hydrogens (tertiary/aromatic N) is 6. The molecule has 0 amide bonds. The number of rotatable bonds is 3. The molecular formula is C17H26N6. The Morgan fingerprint density at radius 1 is 1.13 bits per heavy atom. The van der Waals surface area contributed by atoms with E-state index in [9.17, 15) is 0 Å². The molecule has 1 saturated heterocycles. The summed E-state index contributed by atoms with van der Waals surface area (Å²) in [7, 11) is 3.97. The molecule has 3 heterocycles. The fourth-order valence-corrected chi connectivity index (χ4v) is 3.26. The second-order valence-electron chi connectivity index (χ2n) is 6.71. The van der Waals surface area contributed by atoms with Gasteiger partial charge in [0.15, 0.2) is 0 Å². The zero-order valence-corrected chi connectivity index (χ0v) is 15.0. The molecule has 0 N–H and O–H groups in total. The Morgan fingerprint density at radius 3 is 2.48 bits per heavy atom. The van der Waals surface area contributed by atoms with E-state index in [1.54, 1.807) is 0 Å². The summed E-state index contributed by atoms with van der Waals surface area (Å²) in [6.07, 6.45) is 1.10. The van der Waals surface area contributed by atoms with Crippen LogP contribution < -0.4 is 9.80 Å². The third-order valence-corrected chi connectivity index (χ3v) is 4.61. The molecule has 2 aromatic heterocycles. The van der Waals surface area contributed by atoms with Gasteiger partial charge in [0.05, 0.1) is 11.7 Å². The number of aromatic nitrogens is 4. The number of aryl methyl sites for hydroxylation is 3. The van der Waals surface area contributed by atoms with Gasteiger partial charge in [-0.1, -0.05) is 0 Å². The lowest BCUT2D eigenvalue weighted by Gasteiger charge is -2.23. The molecule has 1 aliphatic heterocycles. The SMILES string of the molecule is Cc1cc(C)n(C2CCN(c3nc(N(C)C)nc(C)c3C)C2)n1. The molecule has 0 spiro atoms. The van der Waals surface area contributed by atoms with E-state index in [1.165, 1.54) is 11.3 Å². The first-order valence-corrected chi connectivity index (χ1v) is 8.17. The van der Waals surface area contributed by atoms with Crippen molar-refractivity contribution in [2.24, 2.45) is 0 Å². The molecule has 23 heavy (non-hydrogen) atoms. The molecule has 2 aromatic rings. The van der Waals surface area contributed by atoms with Gasteiger partial charge in [0.2, 0.25) is 5.95 Å². The van der Waals surface area contributed by atoms with E-state index < -0.39 is 0 Å². The van der Waals surface area contributed by atoms with Crippen molar-refractivity contribution in [3.63, 3.8) is 0 Å². The Bertz CT molecular complexity index is 718. The summed E-state index contributed by atoms with van der Waals surface area (Å²) < 4.78 is 2.17.